The van der Waals surface area contributed by atoms with E-state index < -0.39 is 0 Å². The summed E-state index contributed by atoms with van der Waals surface area (Å²) < 4.78 is 0. The Hall–Kier alpha value is -0.0800. The number of aliphatic hydroxyl groups is 2. The quantitative estimate of drug-likeness (QED) is 0.713. The van der Waals surface area contributed by atoms with E-state index in [2.05, 4.69) is 6.92 Å². The van der Waals surface area contributed by atoms with E-state index in [-0.39, 0.29) is 17.6 Å². The molecule has 0 spiro atoms. The lowest BCUT2D eigenvalue weighted by Crippen LogP contribution is -2.49. The Morgan fingerprint density at radius 1 is 0.800 bits per heavy atom. The van der Waals surface area contributed by atoms with Crippen molar-refractivity contribution in [1.82, 2.24) is 0 Å². The lowest BCUT2D eigenvalue weighted by atomic mass is 9.50. The van der Waals surface area contributed by atoms with Crippen LogP contribution in [0.15, 0.2) is 0 Å². The van der Waals surface area contributed by atoms with Crippen LogP contribution in [0.3, 0.4) is 0 Å². The van der Waals surface area contributed by atoms with Crippen LogP contribution in [0.1, 0.15) is 64.7 Å². The minimum atomic E-state index is -0.0423. The normalized spacial score (nSPS) is 58.6. The first kappa shape index (κ1) is 13.6. The molecule has 2 heteroatoms. The van der Waals surface area contributed by atoms with Crippen LogP contribution in [-0.2, 0) is 0 Å². The van der Waals surface area contributed by atoms with Gasteiger partial charge in [0.1, 0.15) is 0 Å². The zero-order valence-corrected chi connectivity index (χ0v) is 12.8. The van der Waals surface area contributed by atoms with Gasteiger partial charge in [0.05, 0.1) is 12.2 Å². The van der Waals surface area contributed by atoms with Crippen LogP contribution in [0.2, 0.25) is 0 Å². The molecule has 2 nitrogen and oxygen atoms in total. The third-order valence-electron chi connectivity index (χ3n) is 7.88. The van der Waals surface area contributed by atoms with Gasteiger partial charge in [-0.25, -0.2) is 0 Å². The average Bonchev–Trinajstić information content (AvgIpc) is 2.74. The van der Waals surface area contributed by atoms with Crippen LogP contribution < -0.4 is 0 Å². The second-order valence-corrected chi connectivity index (χ2v) is 8.54. The number of fused-ring (bicyclic) bond motifs is 5. The summed E-state index contributed by atoms with van der Waals surface area (Å²) in [7, 11) is 0. The SMILES string of the molecule is C[C@]12CC[C@H]3[C@@H](CCC4CC(O)CC[C@@H]43)[C@@H]1CC[C@H]2O. The number of aliphatic hydroxyl groups excluding tert-OH is 2. The summed E-state index contributed by atoms with van der Waals surface area (Å²) in [5.74, 6) is 4.26. The highest BCUT2D eigenvalue weighted by Gasteiger charge is 2.56. The largest absolute Gasteiger partial charge is 0.393 e. The van der Waals surface area contributed by atoms with Crippen LogP contribution in [0, 0.1) is 35.0 Å². The molecule has 0 aromatic rings. The fraction of sp³-hybridized carbons (Fsp3) is 1.00. The molecule has 2 unspecified atom stereocenters. The predicted molar refractivity (Wildman–Crippen MR) is 79.1 cm³/mol. The Bertz CT molecular complexity index is 382. The van der Waals surface area contributed by atoms with E-state index in [1.54, 1.807) is 0 Å². The van der Waals surface area contributed by atoms with Crippen molar-refractivity contribution in [1.29, 1.82) is 0 Å². The van der Waals surface area contributed by atoms with E-state index in [9.17, 15) is 10.2 Å². The van der Waals surface area contributed by atoms with Crippen LogP contribution in [0.5, 0.6) is 0 Å². The molecule has 4 aliphatic carbocycles. The van der Waals surface area contributed by atoms with Crippen molar-refractivity contribution in [2.45, 2.75) is 76.9 Å². The molecular weight excluding hydrogens is 248 g/mol. The fourth-order valence-corrected chi connectivity index (χ4v) is 6.80. The molecule has 0 amide bonds. The van der Waals surface area contributed by atoms with E-state index in [1.165, 1.54) is 38.5 Å². The van der Waals surface area contributed by atoms with E-state index in [0.717, 1.165) is 48.9 Å². The molecule has 0 bridgehead atoms. The smallest absolute Gasteiger partial charge is 0.0596 e. The van der Waals surface area contributed by atoms with Gasteiger partial charge >= 0.3 is 0 Å². The summed E-state index contributed by atoms with van der Waals surface area (Å²) in [4.78, 5) is 0. The molecule has 20 heavy (non-hydrogen) atoms. The van der Waals surface area contributed by atoms with Crippen molar-refractivity contribution in [3.05, 3.63) is 0 Å². The summed E-state index contributed by atoms with van der Waals surface area (Å²) in [5, 5.41) is 20.3. The molecule has 2 N–H and O–H groups in total. The summed E-state index contributed by atoms with van der Waals surface area (Å²) >= 11 is 0. The first-order valence-corrected chi connectivity index (χ1v) is 8.95. The van der Waals surface area contributed by atoms with Crippen LogP contribution in [0.25, 0.3) is 0 Å². The van der Waals surface area contributed by atoms with Gasteiger partial charge in [0.25, 0.3) is 0 Å². The summed E-state index contributed by atoms with van der Waals surface area (Å²) in [6.07, 6.45) is 10.9. The predicted octanol–water partition coefficient (Wildman–Crippen LogP) is 3.36. The number of hydrogen-bond acceptors (Lipinski definition) is 2. The third-order valence-corrected chi connectivity index (χ3v) is 7.88. The lowest BCUT2D eigenvalue weighted by Gasteiger charge is -2.55. The van der Waals surface area contributed by atoms with Gasteiger partial charge in [0.15, 0.2) is 0 Å². The Morgan fingerprint density at radius 3 is 2.45 bits per heavy atom. The number of hydrogen-bond donors (Lipinski definition) is 2. The monoisotopic (exact) mass is 278 g/mol. The highest BCUT2D eigenvalue weighted by atomic mass is 16.3. The molecule has 4 rings (SSSR count). The standard InChI is InChI=1S/C18H30O2/c1-18-9-8-14-13-5-3-12(19)10-11(13)2-4-15(14)16(18)6-7-17(18)20/h11-17,19-20H,2-10H2,1H3/t11?,12?,13-,14+,15+,16-,17+,18-/m0/s1. The van der Waals surface area contributed by atoms with Crippen molar-refractivity contribution in [3.8, 4) is 0 Å². The van der Waals surface area contributed by atoms with Crippen LogP contribution in [-0.4, -0.2) is 22.4 Å². The summed E-state index contributed by atoms with van der Waals surface area (Å²) in [6, 6.07) is 0. The van der Waals surface area contributed by atoms with Gasteiger partial charge in [-0.15, -0.1) is 0 Å². The molecule has 0 saturated heterocycles. The minimum Gasteiger partial charge on any atom is -0.393 e. The topological polar surface area (TPSA) is 40.5 Å². The molecule has 8 atom stereocenters. The Morgan fingerprint density at radius 2 is 1.60 bits per heavy atom. The zero-order chi connectivity index (χ0) is 13.9. The van der Waals surface area contributed by atoms with Crippen molar-refractivity contribution < 1.29 is 10.2 Å². The first-order chi connectivity index (χ1) is 9.59. The molecule has 0 aromatic heterocycles. The molecule has 0 heterocycles. The third kappa shape index (κ3) is 1.83. The van der Waals surface area contributed by atoms with E-state index in [4.69, 9.17) is 0 Å². The van der Waals surface area contributed by atoms with Gasteiger partial charge in [0.2, 0.25) is 0 Å². The Kier molecular flexibility index (Phi) is 3.20. The molecule has 0 radical (unpaired) electrons. The Labute approximate surface area is 123 Å². The van der Waals surface area contributed by atoms with Crippen molar-refractivity contribution in [3.63, 3.8) is 0 Å². The van der Waals surface area contributed by atoms with E-state index in [0.29, 0.717) is 0 Å². The molecule has 0 aliphatic heterocycles. The van der Waals surface area contributed by atoms with Crippen molar-refractivity contribution in [2.24, 2.45) is 35.0 Å². The van der Waals surface area contributed by atoms with Crippen molar-refractivity contribution >= 4 is 0 Å². The van der Waals surface area contributed by atoms with Gasteiger partial charge in [0, 0.05) is 0 Å². The zero-order valence-electron chi connectivity index (χ0n) is 12.8. The van der Waals surface area contributed by atoms with Crippen molar-refractivity contribution in [2.75, 3.05) is 0 Å². The fourth-order valence-electron chi connectivity index (χ4n) is 6.80. The van der Waals surface area contributed by atoms with Gasteiger partial charge in [-0.2, -0.15) is 0 Å². The summed E-state index contributed by atoms with van der Waals surface area (Å²) in [5.41, 5.74) is 0.224. The van der Waals surface area contributed by atoms with Gasteiger partial charge in [-0.3, -0.25) is 0 Å². The van der Waals surface area contributed by atoms with Gasteiger partial charge < -0.3 is 10.2 Å². The van der Waals surface area contributed by atoms with E-state index in [1.807, 2.05) is 0 Å². The second kappa shape index (κ2) is 4.71. The maximum Gasteiger partial charge on any atom is 0.0596 e. The molecule has 4 fully saturated rings. The lowest BCUT2D eigenvalue weighted by molar-refractivity contribution is -0.0913. The minimum absolute atomic E-state index is 0.0186. The average molecular weight is 278 g/mol. The van der Waals surface area contributed by atoms with Gasteiger partial charge in [-0.1, -0.05) is 6.92 Å². The maximum absolute atomic E-state index is 10.4. The molecule has 114 valence electrons. The maximum atomic E-state index is 10.4. The highest BCUT2D eigenvalue weighted by Crippen LogP contribution is 2.62. The molecule has 4 aliphatic rings. The molecular formula is C18H30O2. The van der Waals surface area contributed by atoms with Crippen LogP contribution in [0.4, 0.5) is 0 Å². The van der Waals surface area contributed by atoms with Gasteiger partial charge in [-0.05, 0) is 92.8 Å². The Balaban J connectivity index is 1.57. The van der Waals surface area contributed by atoms with Crippen LogP contribution >= 0.6 is 0 Å². The highest BCUT2D eigenvalue weighted by molar-refractivity contribution is 5.06. The second-order valence-electron chi connectivity index (χ2n) is 8.54. The first-order valence-electron chi connectivity index (χ1n) is 8.95. The molecule has 4 saturated carbocycles. The van der Waals surface area contributed by atoms with E-state index >= 15 is 0 Å². The summed E-state index contributed by atoms with van der Waals surface area (Å²) in [6.45, 7) is 2.36. The number of rotatable bonds is 0. The molecule has 0 aromatic carbocycles.